The van der Waals surface area contributed by atoms with E-state index in [2.05, 4.69) is 15.9 Å². The van der Waals surface area contributed by atoms with E-state index in [1.807, 2.05) is 13.0 Å². The summed E-state index contributed by atoms with van der Waals surface area (Å²) in [4.78, 5) is 11.9. The second kappa shape index (κ2) is 3.89. The van der Waals surface area contributed by atoms with Crippen LogP contribution in [0.2, 0.25) is 0 Å². The lowest BCUT2D eigenvalue weighted by Crippen LogP contribution is -2.15. The third kappa shape index (κ3) is 1.65. The van der Waals surface area contributed by atoms with Crippen molar-refractivity contribution in [3.8, 4) is 0 Å². The van der Waals surface area contributed by atoms with E-state index in [0.29, 0.717) is 10.9 Å². The fraction of sp³-hybridized carbons (Fsp3) is 0.250. The Bertz CT molecular complexity index is 463. The summed E-state index contributed by atoms with van der Waals surface area (Å²) in [5, 5.41) is 0. The van der Waals surface area contributed by atoms with E-state index in [1.165, 1.54) is 6.07 Å². The standard InChI is InChI=1S/C12H10BrFO/c1-2-7-6-8-4-3-5-9(14)10(8)12(15)11(7)13/h3-5H,2,6H2,1H3. The lowest BCUT2D eigenvalue weighted by molar-refractivity contribution is 0.103. The molecule has 2 rings (SSSR count). The summed E-state index contributed by atoms with van der Waals surface area (Å²) in [6.07, 6.45) is 1.47. The largest absolute Gasteiger partial charge is 0.288 e. The molecule has 0 unspecified atom stereocenters. The Morgan fingerprint density at radius 3 is 2.87 bits per heavy atom. The molecule has 0 atom stereocenters. The summed E-state index contributed by atoms with van der Waals surface area (Å²) in [5.74, 6) is -0.657. The van der Waals surface area contributed by atoms with Crippen LogP contribution in [0.4, 0.5) is 4.39 Å². The Morgan fingerprint density at radius 2 is 2.20 bits per heavy atom. The van der Waals surface area contributed by atoms with E-state index in [9.17, 15) is 9.18 Å². The van der Waals surface area contributed by atoms with E-state index in [1.54, 1.807) is 6.07 Å². The van der Waals surface area contributed by atoms with Crippen LogP contribution in [-0.2, 0) is 6.42 Å². The monoisotopic (exact) mass is 268 g/mol. The normalized spacial score (nSPS) is 15.5. The van der Waals surface area contributed by atoms with Crippen molar-refractivity contribution in [1.82, 2.24) is 0 Å². The molecule has 0 N–H and O–H groups in total. The number of carbonyl (C=O) groups excluding carboxylic acids is 1. The lowest BCUT2D eigenvalue weighted by atomic mass is 9.89. The molecular formula is C12H10BrFO. The maximum atomic E-state index is 13.5. The SMILES string of the molecule is CCC1=C(Br)C(=O)c2c(F)cccc2C1. The second-order valence-electron chi connectivity index (χ2n) is 3.55. The Kier molecular flexibility index (Phi) is 2.74. The molecule has 15 heavy (non-hydrogen) atoms. The molecule has 1 aliphatic carbocycles. The number of halogens is 2. The minimum Gasteiger partial charge on any atom is -0.288 e. The Labute approximate surface area is 96.1 Å². The van der Waals surface area contributed by atoms with Crippen molar-refractivity contribution in [2.75, 3.05) is 0 Å². The van der Waals surface area contributed by atoms with Gasteiger partial charge in [-0.05, 0) is 46.0 Å². The zero-order valence-electron chi connectivity index (χ0n) is 8.31. The number of benzene rings is 1. The van der Waals surface area contributed by atoms with Crippen molar-refractivity contribution in [1.29, 1.82) is 0 Å². The summed E-state index contributed by atoms with van der Waals surface area (Å²) in [6.45, 7) is 1.99. The molecule has 3 heteroatoms. The maximum absolute atomic E-state index is 13.5. The second-order valence-corrected chi connectivity index (χ2v) is 4.34. The van der Waals surface area contributed by atoms with Crippen molar-refractivity contribution in [3.63, 3.8) is 0 Å². The quantitative estimate of drug-likeness (QED) is 0.761. The van der Waals surface area contributed by atoms with Crippen LogP contribution in [0.15, 0.2) is 28.3 Å². The van der Waals surface area contributed by atoms with Crippen LogP contribution >= 0.6 is 15.9 Å². The fourth-order valence-electron chi connectivity index (χ4n) is 1.83. The molecule has 0 fully saturated rings. The highest BCUT2D eigenvalue weighted by atomic mass is 79.9. The first-order valence-corrected chi connectivity index (χ1v) is 5.64. The zero-order chi connectivity index (χ0) is 11.0. The molecule has 1 aromatic rings. The van der Waals surface area contributed by atoms with Crippen LogP contribution in [0.1, 0.15) is 29.3 Å². The Hall–Kier alpha value is -0.960. The molecule has 0 saturated carbocycles. The van der Waals surface area contributed by atoms with Gasteiger partial charge in [0.1, 0.15) is 5.82 Å². The minimum absolute atomic E-state index is 0.224. The minimum atomic E-state index is -0.426. The first-order chi connectivity index (χ1) is 7.15. The first kappa shape index (κ1) is 10.6. The zero-order valence-corrected chi connectivity index (χ0v) is 9.90. The number of rotatable bonds is 1. The summed E-state index contributed by atoms with van der Waals surface area (Å²) >= 11 is 3.25. The summed E-state index contributed by atoms with van der Waals surface area (Å²) in [7, 11) is 0. The van der Waals surface area contributed by atoms with Crippen molar-refractivity contribution in [2.24, 2.45) is 0 Å². The van der Waals surface area contributed by atoms with E-state index in [0.717, 1.165) is 17.6 Å². The number of hydrogen-bond donors (Lipinski definition) is 0. The molecule has 0 aliphatic heterocycles. The molecule has 0 amide bonds. The molecule has 0 bridgehead atoms. The van der Waals surface area contributed by atoms with Crippen molar-refractivity contribution in [2.45, 2.75) is 19.8 Å². The van der Waals surface area contributed by atoms with Gasteiger partial charge in [0.05, 0.1) is 10.0 Å². The third-order valence-electron chi connectivity index (χ3n) is 2.67. The molecule has 1 nitrogen and oxygen atoms in total. The van der Waals surface area contributed by atoms with Crippen molar-refractivity contribution in [3.05, 3.63) is 45.2 Å². The average molecular weight is 269 g/mol. The number of carbonyl (C=O) groups is 1. The molecule has 0 spiro atoms. The summed E-state index contributed by atoms with van der Waals surface area (Å²) < 4.78 is 14.0. The van der Waals surface area contributed by atoms with Gasteiger partial charge in [-0.2, -0.15) is 0 Å². The van der Waals surface area contributed by atoms with Gasteiger partial charge in [-0.25, -0.2) is 4.39 Å². The number of hydrogen-bond acceptors (Lipinski definition) is 1. The van der Waals surface area contributed by atoms with Crippen LogP contribution < -0.4 is 0 Å². The first-order valence-electron chi connectivity index (χ1n) is 4.84. The number of allylic oxidation sites excluding steroid dienone is 2. The van der Waals surface area contributed by atoms with Gasteiger partial charge in [0.15, 0.2) is 0 Å². The smallest absolute Gasteiger partial charge is 0.203 e. The number of Topliss-reactive ketones (excluding diaryl/α,β-unsaturated/α-hetero) is 1. The summed E-state index contributed by atoms with van der Waals surface area (Å²) in [5.41, 5.74) is 2.06. The Balaban J connectivity index is 2.60. The predicted octanol–water partition coefficient (Wildman–Crippen LogP) is 3.62. The van der Waals surface area contributed by atoms with Gasteiger partial charge in [-0.3, -0.25) is 4.79 Å². The molecule has 1 aliphatic rings. The lowest BCUT2D eigenvalue weighted by Gasteiger charge is -2.18. The van der Waals surface area contributed by atoms with Crippen LogP contribution in [0.5, 0.6) is 0 Å². The van der Waals surface area contributed by atoms with Gasteiger partial charge in [0, 0.05) is 0 Å². The predicted molar refractivity (Wildman–Crippen MR) is 60.7 cm³/mol. The van der Waals surface area contributed by atoms with Gasteiger partial charge in [0.25, 0.3) is 0 Å². The maximum Gasteiger partial charge on any atom is 0.203 e. The van der Waals surface area contributed by atoms with Crippen LogP contribution in [0.3, 0.4) is 0 Å². The molecule has 0 saturated heterocycles. The van der Waals surface area contributed by atoms with E-state index in [4.69, 9.17) is 0 Å². The summed E-state index contributed by atoms with van der Waals surface area (Å²) in [6, 6.07) is 4.79. The van der Waals surface area contributed by atoms with Gasteiger partial charge in [-0.15, -0.1) is 0 Å². The third-order valence-corrected chi connectivity index (χ3v) is 3.59. The molecule has 0 aromatic heterocycles. The van der Waals surface area contributed by atoms with Gasteiger partial charge in [0.2, 0.25) is 5.78 Å². The molecule has 78 valence electrons. The highest BCUT2D eigenvalue weighted by molar-refractivity contribution is 9.12. The van der Waals surface area contributed by atoms with Crippen LogP contribution in [0.25, 0.3) is 0 Å². The van der Waals surface area contributed by atoms with E-state index >= 15 is 0 Å². The number of fused-ring (bicyclic) bond motifs is 1. The van der Waals surface area contributed by atoms with Gasteiger partial charge < -0.3 is 0 Å². The van der Waals surface area contributed by atoms with Gasteiger partial charge >= 0.3 is 0 Å². The molecule has 0 radical (unpaired) electrons. The van der Waals surface area contributed by atoms with Crippen LogP contribution in [0, 0.1) is 5.82 Å². The van der Waals surface area contributed by atoms with Crippen LogP contribution in [-0.4, -0.2) is 5.78 Å². The van der Waals surface area contributed by atoms with Crippen molar-refractivity contribution < 1.29 is 9.18 Å². The average Bonchev–Trinajstić information content (AvgIpc) is 2.23. The molecule has 1 aromatic carbocycles. The van der Waals surface area contributed by atoms with E-state index in [-0.39, 0.29) is 11.3 Å². The molecular weight excluding hydrogens is 259 g/mol. The van der Waals surface area contributed by atoms with Gasteiger partial charge in [-0.1, -0.05) is 19.1 Å². The highest BCUT2D eigenvalue weighted by Crippen LogP contribution is 2.32. The highest BCUT2D eigenvalue weighted by Gasteiger charge is 2.25. The topological polar surface area (TPSA) is 17.1 Å². The number of ketones is 1. The Morgan fingerprint density at radius 1 is 1.47 bits per heavy atom. The molecule has 0 heterocycles. The van der Waals surface area contributed by atoms with E-state index < -0.39 is 5.82 Å². The van der Waals surface area contributed by atoms with Crippen molar-refractivity contribution >= 4 is 21.7 Å². The fourth-order valence-corrected chi connectivity index (χ4v) is 2.45.